The van der Waals surface area contributed by atoms with E-state index >= 15 is 0 Å². The fourth-order valence-electron chi connectivity index (χ4n) is 3.49. The number of nitrogens with one attached hydrogen (secondary N) is 1. The molecule has 0 radical (unpaired) electrons. The quantitative estimate of drug-likeness (QED) is 0.497. The lowest BCUT2D eigenvalue weighted by Gasteiger charge is -2.16. The van der Waals surface area contributed by atoms with E-state index in [0.717, 1.165) is 23.9 Å². The number of aromatic nitrogens is 3. The Kier molecular flexibility index (Phi) is 5.15. The van der Waals surface area contributed by atoms with E-state index in [-0.39, 0.29) is 17.1 Å². The van der Waals surface area contributed by atoms with Gasteiger partial charge in [0, 0.05) is 19.1 Å². The lowest BCUT2D eigenvalue weighted by atomic mass is 10.2. The Hall–Kier alpha value is -3.07. The molecule has 3 aromatic rings. The van der Waals surface area contributed by atoms with Crippen molar-refractivity contribution >= 4 is 34.4 Å². The van der Waals surface area contributed by atoms with Gasteiger partial charge in [-0.25, -0.2) is 9.67 Å². The highest BCUT2D eigenvalue weighted by atomic mass is 35.5. The summed E-state index contributed by atoms with van der Waals surface area (Å²) in [5.41, 5.74) is 0.134. The van der Waals surface area contributed by atoms with Crippen LogP contribution in [0.2, 0.25) is 5.15 Å². The van der Waals surface area contributed by atoms with Gasteiger partial charge in [0.05, 0.1) is 16.6 Å². The maximum absolute atomic E-state index is 12.9. The Bertz CT molecular complexity index is 1110. The number of rotatable bonds is 4. The largest absolute Gasteiger partial charge is 0.416 e. The molecule has 1 fully saturated rings. The molecule has 3 heterocycles. The highest BCUT2D eigenvalue weighted by molar-refractivity contribution is 6.29. The number of nitrogens with zero attached hydrogens (tertiary/aromatic N) is 4. The van der Waals surface area contributed by atoms with Crippen molar-refractivity contribution < 1.29 is 18.0 Å². The van der Waals surface area contributed by atoms with E-state index in [9.17, 15) is 18.0 Å². The van der Waals surface area contributed by atoms with E-state index in [1.165, 1.54) is 22.9 Å². The van der Waals surface area contributed by atoms with Crippen LogP contribution in [0, 0.1) is 0 Å². The van der Waals surface area contributed by atoms with Crippen LogP contribution in [0.3, 0.4) is 0 Å². The Balaban J connectivity index is 1.71. The molecular weight excluding hydrogens is 419 g/mol. The SMILES string of the molecule is C=CC(=O)NC1CCN(c2nn(-c3ccc(C(F)(F)F)cc3)c3nc(Cl)ccc23)C1. The second-order valence-electron chi connectivity index (χ2n) is 6.93. The summed E-state index contributed by atoms with van der Waals surface area (Å²) in [6.45, 7) is 4.65. The molecule has 1 saturated heterocycles. The summed E-state index contributed by atoms with van der Waals surface area (Å²) in [6, 6.07) is 8.06. The zero-order chi connectivity index (χ0) is 21.5. The molecule has 0 aliphatic carbocycles. The summed E-state index contributed by atoms with van der Waals surface area (Å²) in [5.74, 6) is 0.389. The van der Waals surface area contributed by atoms with Crippen LogP contribution >= 0.6 is 11.6 Å². The van der Waals surface area contributed by atoms with Gasteiger partial charge in [0.15, 0.2) is 11.5 Å². The van der Waals surface area contributed by atoms with Crippen molar-refractivity contribution in [2.75, 3.05) is 18.0 Å². The first-order valence-corrected chi connectivity index (χ1v) is 9.55. The maximum atomic E-state index is 12.9. The molecule has 30 heavy (non-hydrogen) atoms. The minimum Gasteiger partial charge on any atom is -0.352 e. The summed E-state index contributed by atoms with van der Waals surface area (Å²) in [6.07, 6.45) is -2.46. The van der Waals surface area contributed by atoms with Crippen LogP contribution in [0.4, 0.5) is 19.0 Å². The predicted molar refractivity (Wildman–Crippen MR) is 108 cm³/mol. The van der Waals surface area contributed by atoms with Gasteiger partial charge in [-0.1, -0.05) is 18.2 Å². The van der Waals surface area contributed by atoms with E-state index in [1.54, 1.807) is 12.1 Å². The molecule has 10 heteroatoms. The molecule has 0 spiro atoms. The molecule has 4 rings (SSSR count). The van der Waals surface area contributed by atoms with Crippen molar-refractivity contribution in [2.24, 2.45) is 0 Å². The van der Waals surface area contributed by atoms with Crippen molar-refractivity contribution in [1.29, 1.82) is 0 Å². The van der Waals surface area contributed by atoms with Crippen LogP contribution in [0.5, 0.6) is 0 Å². The van der Waals surface area contributed by atoms with Gasteiger partial charge in [-0.2, -0.15) is 13.2 Å². The number of anilines is 1. The normalized spacial score (nSPS) is 16.8. The minimum atomic E-state index is -4.42. The van der Waals surface area contributed by atoms with Crippen LogP contribution in [0.15, 0.2) is 49.1 Å². The van der Waals surface area contributed by atoms with E-state index in [2.05, 4.69) is 22.0 Å². The first kappa shape index (κ1) is 20.2. The molecule has 1 unspecified atom stereocenters. The smallest absolute Gasteiger partial charge is 0.352 e. The van der Waals surface area contributed by atoms with E-state index in [1.807, 2.05) is 4.90 Å². The Morgan fingerprint density at radius 2 is 1.97 bits per heavy atom. The van der Waals surface area contributed by atoms with Gasteiger partial charge < -0.3 is 10.2 Å². The van der Waals surface area contributed by atoms with Crippen LogP contribution in [0.25, 0.3) is 16.7 Å². The Morgan fingerprint density at radius 3 is 2.63 bits per heavy atom. The van der Waals surface area contributed by atoms with Gasteiger partial charge in [0.1, 0.15) is 5.15 Å². The van der Waals surface area contributed by atoms with Crippen molar-refractivity contribution in [3.05, 3.63) is 59.8 Å². The monoisotopic (exact) mass is 435 g/mol. The predicted octanol–water partition coefficient (Wildman–Crippen LogP) is 3.97. The molecule has 156 valence electrons. The van der Waals surface area contributed by atoms with Crippen LogP contribution < -0.4 is 10.2 Å². The van der Waals surface area contributed by atoms with Crippen LogP contribution in [0.1, 0.15) is 12.0 Å². The number of carbonyl (C=O) groups excluding carboxylic acids is 1. The van der Waals surface area contributed by atoms with Crippen molar-refractivity contribution in [1.82, 2.24) is 20.1 Å². The first-order chi connectivity index (χ1) is 14.3. The number of hydrogen-bond acceptors (Lipinski definition) is 4. The van der Waals surface area contributed by atoms with E-state index in [0.29, 0.717) is 30.2 Å². The highest BCUT2D eigenvalue weighted by Gasteiger charge is 2.31. The molecule has 2 aromatic heterocycles. The fourth-order valence-corrected chi connectivity index (χ4v) is 3.64. The van der Waals surface area contributed by atoms with Crippen molar-refractivity contribution in [3.8, 4) is 5.69 Å². The average Bonchev–Trinajstić information content (AvgIpc) is 3.31. The molecule has 6 nitrogen and oxygen atoms in total. The third-order valence-corrected chi connectivity index (χ3v) is 5.15. The summed E-state index contributed by atoms with van der Waals surface area (Å²) >= 11 is 6.06. The highest BCUT2D eigenvalue weighted by Crippen LogP contribution is 2.33. The summed E-state index contributed by atoms with van der Waals surface area (Å²) < 4.78 is 40.2. The summed E-state index contributed by atoms with van der Waals surface area (Å²) in [5, 5.41) is 8.45. The van der Waals surface area contributed by atoms with Gasteiger partial charge in [0.2, 0.25) is 5.91 Å². The summed E-state index contributed by atoms with van der Waals surface area (Å²) in [4.78, 5) is 17.9. The van der Waals surface area contributed by atoms with Crippen molar-refractivity contribution in [3.63, 3.8) is 0 Å². The van der Waals surface area contributed by atoms with Crippen LogP contribution in [-0.2, 0) is 11.0 Å². The van der Waals surface area contributed by atoms with Crippen LogP contribution in [-0.4, -0.2) is 39.8 Å². The Morgan fingerprint density at radius 1 is 1.23 bits per heavy atom. The molecule has 0 saturated carbocycles. The maximum Gasteiger partial charge on any atom is 0.416 e. The second kappa shape index (κ2) is 7.64. The number of alkyl halides is 3. The molecule has 1 aliphatic heterocycles. The standard InChI is InChI=1S/C20H17ClF3N5O/c1-2-17(30)25-13-9-10-28(11-13)19-15-7-8-16(21)26-18(15)29(27-19)14-5-3-12(4-6-14)20(22,23)24/h2-8,13H,1,9-11H2,(H,25,30). The molecule has 1 amide bonds. The van der Waals surface area contributed by atoms with Gasteiger partial charge in [-0.05, 0) is 48.9 Å². The van der Waals surface area contributed by atoms with E-state index < -0.39 is 11.7 Å². The molecular formula is C20H17ClF3N5O. The number of halogens is 4. The molecule has 1 N–H and O–H groups in total. The average molecular weight is 436 g/mol. The third-order valence-electron chi connectivity index (χ3n) is 4.94. The van der Waals surface area contributed by atoms with Gasteiger partial charge >= 0.3 is 6.18 Å². The molecule has 0 bridgehead atoms. The second-order valence-corrected chi connectivity index (χ2v) is 7.32. The Labute approximate surface area is 174 Å². The number of fused-ring (bicyclic) bond motifs is 1. The van der Waals surface area contributed by atoms with Gasteiger partial charge in [-0.15, -0.1) is 5.10 Å². The molecule has 1 aliphatic rings. The fraction of sp³-hybridized carbons (Fsp3) is 0.250. The number of carbonyl (C=O) groups is 1. The molecule has 1 aromatic carbocycles. The zero-order valence-electron chi connectivity index (χ0n) is 15.7. The van der Waals surface area contributed by atoms with Crippen molar-refractivity contribution in [2.45, 2.75) is 18.6 Å². The lowest BCUT2D eigenvalue weighted by Crippen LogP contribution is -2.36. The van der Waals surface area contributed by atoms with Gasteiger partial charge in [0.25, 0.3) is 0 Å². The topological polar surface area (TPSA) is 63.1 Å². The zero-order valence-corrected chi connectivity index (χ0v) is 16.4. The third kappa shape index (κ3) is 3.85. The number of hydrogen-bond donors (Lipinski definition) is 1. The van der Waals surface area contributed by atoms with Gasteiger partial charge in [-0.3, -0.25) is 4.79 Å². The minimum absolute atomic E-state index is 0.0537. The lowest BCUT2D eigenvalue weighted by molar-refractivity contribution is -0.137. The number of pyridine rings is 1. The number of benzene rings is 1. The first-order valence-electron chi connectivity index (χ1n) is 9.17. The summed E-state index contributed by atoms with van der Waals surface area (Å²) in [7, 11) is 0. The van der Waals surface area contributed by atoms with E-state index in [4.69, 9.17) is 11.6 Å². The molecule has 1 atom stereocenters. The number of amides is 1.